The number of nitrogens with zero attached hydrogens (tertiary/aromatic N) is 4. The Morgan fingerprint density at radius 2 is 2.03 bits per heavy atom. The van der Waals surface area contributed by atoms with Gasteiger partial charge in [0.15, 0.2) is 11.5 Å². The molecule has 3 N–H and O–H groups in total. The maximum absolute atomic E-state index is 12.9. The minimum absolute atomic E-state index is 0.0353. The number of morpholine rings is 1. The summed E-state index contributed by atoms with van der Waals surface area (Å²) in [5.41, 5.74) is 6.29. The normalized spacial score (nSPS) is 24.4. The van der Waals surface area contributed by atoms with Gasteiger partial charge in [-0.15, -0.1) is 10.2 Å². The van der Waals surface area contributed by atoms with Crippen molar-refractivity contribution in [2.75, 3.05) is 39.5 Å². The van der Waals surface area contributed by atoms with Gasteiger partial charge in [0.2, 0.25) is 5.91 Å². The summed E-state index contributed by atoms with van der Waals surface area (Å²) in [6.45, 7) is 6.28. The van der Waals surface area contributed by atoms with Gasteiger partial charge >= 0.3 is 6.09 Å². The molecule has 2 aromatic rings. The fourth-order valence-corrected chi connectivity index (χ4v) is 5.79. The van der Waals surface area contributed by atoms with Crippen LogP contribution >= 0.6 is 0 Å². The Morgan fingerprint density at radius 3 is 2.73 bits per heavy atom. The Kier molecular flexibility index (Phi) is 7.64. The van der Waals surface area contributed by atoms with Crippen molar-refractivity contribution in [2.24, 2.45) is 23.5 Å². The van der Waals surface area contributed by atoms with Crippen LogP contribution in [0.15, 0.2) is 18.2 Å². The second-order valence-electron chi connectivity index (χ2n) is 11.1. The van der Waals surface area contributed by atoms with Gasteiger partial charge in [-0.1, -0.05) is 12.5 Å². The molecule has 11 nitrogen and oxygen atoms in total. The third-order valence-corrected chi connectivity index (χ3v) is 7.85. The number of amides is 2. The van der Waals surface area contributed by atoms with E-state index in [1.807, 2.05) is 22.6 Å². The molecule has 5 rings (SSSR count). The van der Waals surface area contributed by atoms with Crippen molar-refractivity contribution in [3.63, 3.8) is 0 Å². The summed E-state index contributed by atoms with van der Waals surface area (Å²) in [7, 11) is 0. The van der Waals surface area contributed by atoms with Crippen LogP contribution in [0.25, 0.3) is 5.65 Å². The quantitative estimate of drug-likeness (QED) is 0.519. The van der Waals surface area contributed by atoms with Crippen molar-refractivity contribution in [2.45, 2.75) is 57.7 Å². The van der Waals surface area contributed by atoms with Gasteiger partial charge in [0.1, 0.15) is 12.6 Å². The molecular weight excluding hydrogens is 476 g/mol. The van der Waals surface area contributed by atoms with Crippen molar-refractivity contribution in [3.8, 4) is 0 Å². The number of hydrogen-bond acceptors (Lipinski definition) is 8. The van der Waals surface area contributed by atoms with Gasteiger partial charge in [0.25, 0.3) is 0 Å². The maximum atomic E-state index is 12.9. The third-order valence-electron chi connectivity index (χ3n) is 7.85. The van der Waals surface area contributed by atoms with Crippen LogP contribution in [-0.4, -0.2) is 76.6 Å². The topological polar surface area (TPSA) is 133 Å². The smallest absolute Gasteiger partial charge is 0.410 e. The molecule has 11 heteroatoms. The number of carbonyl (C=O) groups is 2. The first kappa shape index (κ1) is 25.9. The Morgan fingerprint density at radius 1 is 1.22 bits per heavy atom. The molecule has 4 atom stereocenters. The zero-order valence-corrected chi connectivity index (χ0v) is 21.7. The van der Waals surface area contributed by atoms with Gasteiger partial charge in [0.05, 0.1) is 31.1 Å². The van der Waals surface area contributed by atoms with Gasteiger partial charge in [-0.2, -0.15) is 0 Å². The van der Waals surface area contributed by atoms with Gasteiger partial charge < -0.3 is 30.2 Å². The molecule has 3 fully saturated rings. The van der Waals surface area contributed by atoms with Crippen LogP contribution in [0.3, 0.4) is 0 Å². The average molecular weight is 515 g/mol. The number of ether oxygens (including phenoxy) is 3. The highest BCUT2D eigenvalue weighted by Gasteiger charge is 2.39. The fourth-order valence-electron chi connectivity index (χ4n) is 5.79. The van der Waals surface area contributed by atoms with Crippen LogP contribution in [0.1, 0.15) is 57.1 Å². The van der Waals surface area contributed by atoms with E-state index in [4.69, 9.17) is 19.9 Å². The number of carbonyl (C=O) groups excluding carboxylic acids is 2. The Hall–Kier alpha value is -2.76. The molecule has 2 aromatic heterocycles. The van der Waals surface area contributed by atoms with E-state index in [2.05, 4.69) is 15.5 Å². The monoisotopic (exact) mass is 514 g/mol. The Balaban J connectivity index is 1.32. The van der Waals surface area contributed by atoms with Crippen LogP contribution in [-0.2, 0) is 25.6 Å². The third kappa shape index (κ3) is 5.89. The van der Waals surface area contributed by atoms with E-state index in [1.54, 1.807) is 18.7 Å². The molecule has 3 aliphatic rings. The molecule has 2 saturated carbocycles. The molecular formula is C26H38N6O5. The van der Waals surface area contributed by atoms with Crippen molar-refractivity contribution >= 4 is 17.6 Å². The van der Waals surface area contributed by atoms with Crippen LogP contribution in [0.4, 0.5) is 4.79 Å². The second-order valence-corrected chi connectivity index (χ2v) is 11.1. The largest absolute Gasteiger partial charge is 0.443 e. The fraction of sp³-hybridized carbons (Fsp3) is 0.692. The lowest BCUT2D eigenvalue weighted by Gasteiger charge is -2.26. The van der Waals surface area contributed by atoms with Crippen LogP contribution < -0.4 is 11.1 Å². The number of fused-ring (bicyclic) bond motifs is 3. The number of aromatic nitrogens is 3. The Bertz CT molecular complexity index is 1110. The average Bonchev–Trinajstić information content (AvgIpc) is 3.63. The first-order chi connectivity index (χ1) is 17.8. The van der Waals surface area contributed by atoms with E-state index in [9.17, 15) is 9.59 Å². The van der Waals surface area contributed by atoms with E-state index in [-0.39, 0.29) is 25.2 Å². The number of pyridine rings is 1. The molecule has 0 aromatic carbocycles. The molecule has 0 radical (unpaired) electrons. The summed E-state index contributed by atoms with van der Waals surface area (Å²) in [6, 6.07) is 4.95. The lowest BCUT2D eigenvalue weighted by Crippen LogP contribution is -2.51. The first-order valence-electron chi connectivity index (χ1n) is 13.3. The summed E-state index contributed by atoms with van der Waals surface area (Å²) in [4.78, 5) is 27.1. The molecule has 1 aliphatic heterocycles. The van der Waals surface area contributed by atoms with E-state index in [1.165, 1.54) is 25.7 Å². The van der Waals surface area contributed by atoms with E-state index in [0.29, 0.717) is 56.0 Å². The first-order valence-corrected chi connectivity index (χ1v) is 13.3. The summed E-state index contributed by atoms with van der Waals surface area (Å²) in [5.74, 6) is 2.37. The molecule has 1 unspecified atom stereocenters. The predicted octanol–water partition coefficient (Wildman–Crippen LogP) is 2.05. The van der Waals surface area contributed by atoms with Crippen molar-refractivity contribution in [3.05, 3.63) is 29.7 Å². The molecule has 1 saturated heterocycles. The predicted molar refractivity (Wildman–Crippen MR) is 134 cm³/mol. The number of hydrogen-bond donors (Lipinski definition) is 2. The highest BCUT2D eigenvalue weighted by Crippen LogP contribution is 2.48. The van der Waals surface area contributed by atoms with Crippen LogP contribution in [0.5, 0.6) is 0 Å². The minimum atomic E-state index is -1.07. The van der Waals surface area contributed by atoms with E-state index < -0.39 is 11.6 Å². The molecule has 2 amide bonds. The molecule has 2 bridgehead atoms. The molecule has 3 heterocycles. The van der Waals surface area contributed by atoms with E-state index in [0.717, 1.165) is 11.8 Å². The summed E-state index contributed by atoms with van der Waals surface area (Å²) < 4.78 is 18.9. The number of nitrogens with one attached hydrogen (secondary N) is 1. The van der Waals surface area contributed by atoms with Gasteiger partial charge in [0, 0.05) is 19.7 Å². The SMILES string of the molecule is CC(C)(N)C(=O)N[C@H](COCC1C[C@@H]2CC[C@H]1C2)c1nnc2cccc(COC(=O)N3CCOCC3)n12. The maximum Gasteiger partial charge on any atom is 0.410 e. The highest BCUT2D eigenvalue weighted by molar-refractivity contribution is 5.85. The minimum Gasteiger partial charge on any atom is -0.443 e. The van der Waals surface area contributed by atoms with Crippen LogP contribution in [0, 0.1) is 17.8 Å². The van der Waals surface area contributed by atoms with Crippen molar-refractivity contribution in [1.82, 2.24) is 24.8 Å². The van der Waals surface area contributed by atoms with Gasteiger partial charge in [-0.3, -0.25) is 9.20 Å². The molecule has 2 aliphatic carbocycles. The summed E-state index contributed by atoms with van der Waals surface area (Å²) in [5, 5.41) is 11.7. The van der Waals surface area contributed by atoms with E-state index >= 15 is 0 Å². The lowest BCUT2D eigenvalue weighted by atomic mass is 9.89. The zero-order chi connectivity index (χ0) is 26.0. The number of rotatable bonds is 9. The second kappa shape index (κ2) is 10.9. The molecule has 0 spiro atoms. The lowest BCUT2D eigenvalue weighted by molar-refractivity contribution is -0.126. The van der Waals surface area contributed by atoms with Crippen molar-refractivity contribution in [1.29, 1.82) is 0 Å². The summed E-state index contributed by atoms with van der Waals surface area (Å²) in [6.07, 6.45) is 4.79. The Labute approximate surface area is 217 Å². The molecule has 202 valence electrons. The molecule has 37 heavy (non-hydrogen) atoms. The van der Waals surface area contributed by atoms with Gasteiger partial charge in [-0.25, -0.2) is 4.79 Å². The standard InChI is InChI=1S/C26H38N6O5/c1-26(2,27)24(33)28-21(16-36-14-19-13-17-6-7-18(19)12-17)23-30-29-22-5-3-4-20(32(22)23)15-37-25(34)31-8-10-35-11-9-31/h3-5,17-19,21H,6-16,27H2,1-2H3,(H,28,33)/t17-,18+,19?,21-/m1/s1. The summed E-state index contributed by atoms with van der Waals surface area (Å²) >= 11 is 0. The zero-order valence-electron chi connectivity index (χ0n) is 21.7. The van der Waals surface area contributed by atoms with Crippen molar-refractivity contribution < 1.29 is 23.8 Å². The highest BCUT2D eigenvalue weighted by atomic mass is 16.6. The van der Waals surface area contributed by atoms with Gasteiger partial charge in [-0.05, 0) is 63.0 Å². The number of nitrogens with two attached hydrogens (primary N) is 1. The van der Waals surface area contributed by atoms with Crippen LogP contribution in [0.2, 0.25) is 0 Å².